The van der Waals surface area contributed by atoms with Crippen LogP contribution in [0.3, 0.4) is 0 Å². The molecule has 4 heteroatoms. The Bertz CT molecular complexity index is 605. The van der Waals surface area contributed by atoms with Crippen molar-refractivity contribution >= 4 is 11.6 Å². The van der Waals surface area contributed by atoms with Gasteiger partial charge in [0.05, 0.1) is 6.26 Å². The number of fused-ring (bicyclic) bond motifs is 1. The minimum Gasteiger partial charge on any atom is -0.469 e. The average molecular weight is 270 g/mol. The molecule has 0 spiro atoms. The molecule has 1 aromatic heterocycles. The largest absolute Gasteiger partial charge is 0.469 e. The molecule has 1 aliphatic rings. The van der Waals surface area contributed by atoms with Crippen molar-refractivity contribution in [3.8, 4) is 0 Å². The molecule has 3 rings (SSSR count). The van der Waals surface area contributed by atoms with Gasteiger partial charge in [-0.1, -0.05) is 6.07 Å². The maximum atomic E-state index is 12.2. The number of benzene rings is 1. The zero-order valence-corrected chi connectivity index (χ0v) is 11.5. The summed E-state index contributed by atoms with van der Waals surface area (Å²) >= 11 is 0. The second-order valence-corrected chi connectivity index (χ2v) is 5.21. The van der Waals surface area contributed by atoms with Crippen molar-refractivity contribution < 1.29 is 9.21 Å². The standard InChI is InChI=1S/C16H18N2O2/c1-11(9-14-3-2-8-20-14)18-16(19)13-5-4-12-6-7-17-15(12)10-13/h2-5,8,10-11,17H,6-7,9H2,1H3,(H,18,19). The van der Waals surface area contributed by atoms with E-state index in [1.165, 1.54) is 5.56 Å². The molecule has 1 amide bonds. The summed E-state index contributed by atoms with van der Waals surface area (Å²) in [5.41, 5.74) is 3.06. The van der Waals surface area contributed by atoms with Crippen LogP contribution in [0, 0.1) is 0 Å². The van der Waals surface area contributed by atoms with Crippen LogP contribution in [0.2, 0.25) is 0 Å². The van der Waals surface area contributed by atoms with Crippen LogP contribution in [-0.4, -0.2) is 18.5 Å². The summed E-state index contributed by atoms with van der Waals surface area (Å²) in [7, 11) is 0. The van der Waals surface area contributed by atoms with Crippen molar-refractivity contribution in [2.75, 3.05) is 11.9 Å². The lowest BCUT2D eigenvalue weighted by molar-refractivity contribution is 0.0939. The van der Waals surface area contributed by atoms with Gasteiger partial charge in [0.2, 0.25) is 0 Å². The van der Waals surface area contributed by atoms with Crippen molar-refractivity contribution in [2.45, 2.75) is 25.8 Å². The third kappa shape index (κ3) is 2.69. The topological polar surface area (TPSA) is 54.3 Å². The number of amides is 1. The van der Waals surface area contributed by atoms with E-state index < -0.39 is 0 Å². The fraction of sp³-hybridized carbons (Fsp3) is 0.312. The van der Waals surface area contributed by atoms with Crippen molar-refractivity contribution in [3.63, 3.8) is 0 Å². The lowest BCUT2D eigenvalue weighted by atomic mass is 10.1. The number of rotatable bonds is 4. The summed E-state index contributed by atoms with van der Waals surface area (Å²) in [5, 5.41) is 6.29. The SMILES string of the molecule is CC(Cc1ccco1)NC(=O)c1ccc2c(c1)NCC2. The van der Waals surface area contributed by atoms with E-state index in [2.05, 4.69) is 10.6 Å². The van der Waals surface area contributed by atoms with Crippen LogP contribution in [0.4, 0.5) is 5.69 Å². The minimum absolute atomic E-state index is 0.0369. The maximum absolute atomic E-state index is 12.2. The van der Waals surface area contributed by atoms with Gasteiger partial charge in [-0.15, -0.1) is 0 Å². The van der Waals surface area contributed by atoms with Gasteiger partial charge in [0.25, 0.3) is 5.91 Å². The lowest BCUT2D eigenvalue weighted by Gasteiger charge is -2.13. The molecule has 1 atom stereocenters. The summed E-state index contributed by atoms with van der Waals surface area (Å²) in [5.74, 6) is 0.842. The number of hydrogen-bond donors (Lipinski definition) is 2. The van der Waals surface area contributed by atoms with E-state index in [0.29, 0.717) is 12.0 Å². The van der Waals surface area contributed by atoms with E-state index in [9.17, 15) is 4.79 Å². The molecule has 0 saturated carbocycles. The van der Waals surface area contributed by atoms with Gasteiger partial charge in [0, 0.05) is 30.3 Å². The van der Waals surface area contributed by atoms with E-state index in [0.717, 1.165) is 24.4 Å². The molecule has 0 bridgehead atoms. The number of anilines is 1. The first-order valence-corrected chi connectivity index (χ1v) is 6.92. The number of furan rings is 1. The highest BCUT2D eigenvalue weighted by atomic mass is 16.3. The fourth-order valence-corrected chi connectivity index (χ4v) is 2.52. The molecule has 1 aliphatic heterocycles. The van der Waals surface area contributed by atoms with E-state index in [-0.39, 0.29) is 11.9 Å². The van der Waals surface area contributed by atoms with Gasteiger partial charge < -0.3 is 15.1 Å². The third-order valence-corrected chi connectivity index (χ3v) is 3.55. The molecule has 104 valence electrons. The van der Waals surface area contributed by atoms with Crippen LogP contribution in [0.5, 0.6) is 0 Å². The predicted octanol–water partition coefficient (Wildman–Crippen LogP) is 2.61. The highest BCUT2D eigenvalue weighted by Gasteiger charge is 2.15. The molecule has 0 saturated heterocycles. The van der Waals surface area contributed by atoms with Crippen LogP contribution in [0.15, 0.2) is 41.0 Å². The second kappa shape index (κ2) is 5.41. The molecule has 4 nitrogen and oxygen atoms in total. The van der Waals surface area contributed by atoms with Gasteiger partial charge in [-0.25, -0.2) is 0 Å². The molecular weight excluding hydrogens is 252 g/mol. The molecule has 1 aromatic carbocycles. The Labute approximate surface area is 118 Å². The Kier molecular flexibility index (Phi) is 3.46. The van der Waals surface area contributed by atoms with Crippen LogP contribution in [-0.2, 0) is 12.8 Å². The minimum atomic E-state index is -0.0412. The van der Waals surface area contributed by atoms with Crippen molar-refractivity contribution in [2.24, 2.45) is 0 Å². The molecule has 0 radical (unpaired) electrons. The second-order valence-electron chi connectivity index (χ2n) is 5.21. The first kappa shape index (κ1) is 12.8. The Morgan fingerprint density at radius 3 is 3.15 bits per heavy atom. The Morgan fingerprint density at radius 1 is 1.45 bits per heavy atom. The summed E-state index contributed by atoms with van der Waals surface area (Å²) in [4.78, 5) is 12.2. The molecule has 1 unspecified atom stereocenters. The van der Waals surface area contributed by atoms with E-state index in [4.69, 9.17) is 4.42 Å². The molecule has 2 N–H and O–H groups in total. The first-order chi connectivity index (χ1) is 9.72. The van der Waals surface area contributed by atoms with Gasteiger partial charge >= 0.3 is 0 Å². The Balaban J connectivity index is 1.64. The number of nitrogens with one attached hydrogen (secondary N) is 2. The molecule has 0 aliphatic carbocycles. The first-order valence-electron chi connectivity index (χ1n) is 6.92. The van der Waals surface area contributed by atoms with Crippen molar-refractivity contribution in [3.05, 3.63) is 53.5 Å². The third-order valence-electron chi connectivity index (χ3n) is 3.55. The molecule has 20 heavy (non-hydrogen) atoms. The quantitative estimate of drug-likeness (QED) is 0.898. The Morgan fingerprint density at radius 2 is 2.35 bits per heavy atom. The normalized spacial score (nSPS) is 14.4. The van der Waals surface area contributed by atoms with Gasteiger partial charge in [-0.2, -0.15) is 0 Å². The van der Waals surface area contributed by atoms with E-state index in [1.807, 2.05) is 37.3 Å². The Hall–Kier alpha value is -2.23. The summed E-state index contributed by atoms with van der Waals surface area (Å²) in [6, 6.07) is 9.66. The van der Waals surface area contributed by atoms with Gasteiger partial charge in [-0.05, 0) is 43.2 Å². The van der Waals surface area contributed by atoms with Crippen LogP contribution >= 0.6 is 0 Å². The monoisotopic (exact) mass is 270 g/mol. The maximum Gasteiger partial charge on any atom is 0.251 e. The molecular formula is C16H18N2O2. The van der Waals surface area contributed by atoms with Crippen molar-refractivity contribution in [1.82, 2.24) is 5.32 Å². The predicted molar refractivity (Wildman–Crippen MR) is 78.0 cm³/mol. The summed E-state index contributed by atoms with van der Waals surface area (Å²) in [6.07, 6.45) is 3.38. The van der Waals surface area contributed by atoms with Crippen LogP contribution in [0.1, 0.15) is 28.6 Å². The van der Waals surface area contributed by atoms with Gasteiger partial charge in [0.15, 0.2) is 0 Å². The zero-order chi connectivity index (χ0) is 13.9. The highest BCUT2D eigenvalue weighted by molar-refractivity contribution is 5.95. The number of carbonyl (C=O) groups excluding carboxylic acids is 1. The molecule has 2 aromatic rings. The number of carbonyl (C=O) groups is 1. The van der Waals surface area contributed by atoms with E-state index >= 15 is 0 Å². The average Bonchev–Trinajstić information content (AvgIpc) is 3.07. The molecule has 0 fully saturated rings. The lowest BCUT2D eigenvalue weighted by Crippen LogP contribution is -2.34. The summed E-state index contributed by atoms with van der Waals surface area (Å²) < 4.78 is 5.29. The summed E-state index contributed by atoms with van der Waals surface area (Å²) in [6.45, 7) is 2.93. The van der Waals surface area contributed by atoms with E-state index in [1.54, 1.807) is 6.26 Å². The molecule has 2 heterocycles. The fourth-order valence-electron chi connectivity index (χ4n) is 2.52. The van der Waals surface area contributed by atoms with Crippen molar-refractivity contribution in [1.29, 1.82) is 0 Å². The van der Waals surface area contributed by atoms with Gasteiger partial charge in [-0.3, -0.25) is 4.79 Å². The van der Waals surface area contributed by atoms with Crippen LogP contribution < -0.4 is 10.6 Å². The van der Waals surface area contributed by atoms with Gasteiger partial charge in [0.1, 0.15) is 5.76 Å². The van der Waals surface area contributed by atoms with Crippen LogP contribution in [0.25, 0.3) is 0 Å². The zero-order valence-electron chi connectivity index (χ0n) is 11.5. The smallest absolute Gasteiger partial charge is 0.251 e. The number of hydrogen-bond acceptors (Lipinski definition) is 3. The highest BCUT2D eigenvalue weighted by Crippen LogP contribution is 2.23.